The number of para-hydroxylation sites is 2. The average Bonchev–Trinajstić information content (AvgIpc) is 3.01. The second kappa shape index (κ2) is 7.54. The van der Waals surface area contributed by atoms with Gasteiger partial charge in [-0.25, -0.2) is 4.68 Å². The van der Waals surface area contributed by atoms with Crippen LogP contribution in [0.1, 0.15) is 34.9 Å². The smallest absolute Gasteiger partial charge is 0.230 e. The summed E-state index contributed by atoms with van der Waals surface area (Å²) in [5, 5.41) is 7.52. The van der Waals surface area contributed by atoms with Crippen LogP contribution in [0.4, 0.5) is 5.69 Å². The predicted molar refractivity (Wildman–Crippen MR) is 112 cm³/mol. The maximum absolute atomic E-state index is 13.2. The van der Waals surface area contributed by atoms with Crippen LogP contribution in [0, 0.1) is 13.8 Å². The number of rotatable bonds is 4. The monoisotopic (exact) mass is 388 g/mol. The van der Waals surface area contributed by atoms with Gasteiger partial charge in [0.15, 0.2) is 0 Å². The largest absolute Gasteiger partial charge is 0.341 e. The molecule has 1 N–H and O–H groups in total. The van der Waals surface area contributed by atoms with E-state index in [-0.39, 0.29) is 18.2 Å². The summed E-state index contributed by atoms with van der Waals surface area (Å²) in [5.74, 6) is -0.645. The van der Waals surface area contributed by atoms with E-state index in [0.717, 1.165) is 33.9 Å². The Labute approximate surface area is 170 Å². The van der Waals surface area contributed by atoms with Gasteiger partial charge in [0, 0.05) is 37.0 Å². The molecule has 148 valence electrons. The van der Waals surface area contributed by atoms with Crippen LogP contribution in [0.2, 0.25) is 0 Å². The van der Waals surface area contributed by atoms with Crippen LogP contribution < -0.4 is 5.32 Å². The molecule has 1 unspecified atom stereocenters. The highest BCUT2D eigenvalue weighted by Gasteiger charge is 2.32. The second-order valence-corrected chi connectivity index (χ2v) is 7.48. The van der Waals surface area contributed by atoms with Crippen molar-refractivity contribution in [3.63, 3.8) is 0 Å². The molecule has 0 aliphatic carbocycles. The van der Waals surface area contributed by atoms with Crippen LogP contribution in [0.15, 0.2) is 54.6 Å². The highest BCUT2D eigenvalue weighted by molar-refractivity contribution is 6.01. The number of fused-ring (bicyclic) bond motifs is 1. The zero-order chi connectivity index (χ0) is 20.5. The van der Waals surface area contributed by atoms with Crippen molar-refractivity contribution in [1.82, 2.24) is 14.7 Å². The summed E-state index contributed by atoms with van der Waals surface area (Å²) in [6.45, 7) is 4.43. The summed E-state index contributed by atoms with van der Waals surface area (Å²) in [7, 11) is 1.79. The molecule has 2 aromatic carbocycles. The van der Waals surface area contributed by atoms with Crippen molar-refractivity contribution < 1.29 is 9.59 Å². The van der Waals surface area contributed by atoms with E-state index in [9.17, 15) is 9.59 Å². The maximum atomic E-state index is 13.2. The lowest BCUT2D eigenvalue weighted by atomic mass is 9.89. The summed E-state index contributed by atoms with van der Waals surface area (Å²) < 4.78 is 1.91. The molecule has 2 heterocycles. The topological polar surface area (TPSA) is 67.2 Å². The number of anilines is 1. The zero-order valence-electron chi connectivity index (χ0n) is 16.8. The number of hydrogen-bond donors (Lipinski definition) is 1. The maximum Gasteiger partial charge on any atom is 0.230 e. The highest BCUT2D eigenvalue weighted by atomic mass is 16.2. The molecule has 1 aliphatic rings. The predicted octanol–water partition coefficient (Wildman–Crippen LogP) is 3.57. The number of nitrogens with one attached hydrogen (secondary N) is 1. The van der Waals surface area contributed by atoms with Gasteiger partial charge in [0.05, 0.1) is 17.3 Å². The number of likely N-dealkylation sites (N-methyl/N-ethyl adjacent to an activating group) is 1. The summed E-state index contributed by atoms with van der Waals surface area (Å²) in [6, 6.07) is 17.5. The Bertz CT molecular complexity index is 1070. The SMILES string of the molecule is Cc1nn(-c2ccccc2)c(C)c1CN(C)C(=O)C1CC(=O)Nc2ccccc21. The Morgan fingerprint density at radius 2 is 1.83 bits per heavy atom. The standard InChI is InChI=1S/C23H24N4O2/c1-15-20(16(2)27(25-15)17-9-5-4-6-10-17)14-26(3)23(29)19-13-22(28)24-21-12-8-7-11-18(19)21/h4-12,19H,13-14H2,1-3H3,(H,24,28). The summed E-state index contributed by atoms with van der Waals surface area (Å²) >= 11 is 0. The lowest BCUT2D eigenvalue weighted by Gasteiger charge is -2.28. The molecule has 0 spiro atoms. The molecule has 0 saturated carbocycles. The number of aromatic nitrogens is 2. The molecular formula is C23H24N4O2. The van der Waals surface area contributed by atoms with Gasteiger partial charge >= 0.3 is 0 Å². The number of benzene rings is 2. The number of nitrogens with zero attached hydrogens (tertiary/aromatic N) is 3. The average molecular weight is 388 g/mol. The Balaban J connectivity index is 1.59. The van der Waals surface area contributed by atoms with Crippen LogP contribution in [0.3, 0.4) is 0 Å². The molecule has 1 aromatic heterocycles. The van der Waals surface area contributed by atoms with Gasteiger partial charge in [-0.2, -0.15) is 5.10 Å². The molecule has 0 bridgehead atoms. The zero-order valence-corrected chi connectivity index (χ0v) is 16.8. The Hall–Kier alpha value is -3.41. The number of hydrogen-bond acceptors (Lipinski definition) is 3. The van der Waals surface area contributed by atoms with E-state index in [1.807, 2.05) is 73.1 Å². The quantitative estimate of drug-likeness (QED) is 0.743. The van der Waals surface area contributed by atoms with Crippen molar-refractivity contribution in [2.45, 2.75) is 32.7 Å². The summed E-state index contributed by atoms with van der Waals surface area (Å²) in [6.07, 6.45) is 0.168. The van der Waals surface area contributed by atoms with Crippen LogP contribution >= 0.6 is 0 Å². The van der Waals surface area contributed by atoms with E-state index in [1.165, 1.54) is 0 Å². The number of aryl methyl sites for hydroxylation is 1. The van der Waals surface area contributed by atoms with Crippen LogP contribution in [0.5, 0.6) is 0 Å². The molecular weight excluding hydrogens is 364 g/mol. The summed E-state index contributed by atoms with van der Waals surface area (Å²) in [5.41, 5.74) is 5.52. The van der Waals surface area contributed by atoms with Gasteiger partial charge in [-0.05, 0) is 37.6 Å². The van der Waals surface area contributed by atoms with Gasteiger partial charge in [-0.3, -0.25) is 9.59 Å². The van der Waals surface area contributed by atoms with Crippen LogP contribution in [-0.2, 0) is 16.1 Å². The number of carbonyl (C=O) groups is 2. The van der Waals surface area contributed by atoms with Gasteiger partial charge in [0.2, 0.25) is 11.8 Å². The third-order valence-electron chi connectivity index (χ3n) is 5.51. The minimum Gasteiger partial charge on any atom is -0.341 e. The number of amides is 2. The third kappa shape index (κ3) is 3.53. The minimum atomic E-state index is -0.463. The van der Waals surface area contributed by atoms with Gasteiger partial charge in [0.1, 0.15) is 0 Å². The first-order chi connectivity index (χ1) is 14.0. The fourth-order valence-electron chi connectivity index (χ4n) is 3.94. The molecule has 6 heteroatoms. The van der Waals surface area contributed by atoms with Crippen LogP contribution in [0.25, 0.3) is 5.69 Å². The fraction of sp³-hybridized carbons (Fsp3) is 0.261. The second-order valence-electron chi connectivity index (χ2n) is 7.48. The lowest BCUT2D eigenvalue weighted by Crippen LogP contribution is -2.36. The minimum absolute atomic E-state index is 0.0569. The van der Waals surface area contributed by atoms with E-state index in [0.29, 0.717) is 6.54 Å². The first-order valence-corrected chi connectivity index (χ1v) is 9.70. The summed E-state index contributed by atoms with van der Waals surface area (Å²) in [4.78, 5) is 27.0. The van der Waals surface area contributed by atoms with Crippen molar-refractivity contribution in [2.75, 3.05) is 12.4 Å². The first-order valence-electron chi connectivity index (χ1n) is 9.70. The van der Waals surface area contributed by atoms with E-state index >= 15 is 0 Å². The molecule has 29 heavy (non-hydrogen) atoms. The van der Waals surface area contributed by atoms with Gasteiger partial charge in [-0.15, -0.1) is 0 Å². The van der Waals surface area contributed by atoms with E-state index in [2.05, 4.69) is 10.4 Å². The van der Waals surface area contributed by atoms with Crippen molar-refractivity contribution in [1.29, 1.82) is 0 Å². The van der Waals surface area contributed by atoms with E-state index in [4.69, 9.17) is 0 Å². The van der Waals surface area contributed by atoms with Crippen molar-refractivity contribution in [3.05, 3.63) is 77.1 Å². The molecule has 0 fully saturated rings. The first kappa shape index (κ1) is 18.9. The molecule has 6 nitrogen and oxygen atoms in total. The van der Waals surface area contributed by atoms with Gasteiger partial charge in [-0.1, -0.05) is 36.4 Å². The molecule has 1 atom stereocenters. The van der Waals surface area contributed by atoms with E-state index < -0.39 is 5.92 Å². The van der Waals surface area contributed by atoms with E-state index in [1.54, 1.807) is 11.9 Å². The normalized spacial score (nSPS) is 15.6. The number of carbonyl (C=O) groups excluding carboxylic acids is 2. The molecule has 2 amide bonds. The van der Waals surface area contributed by atoms with Crippen molar-refractivity contribution in [2.24, 2.45) is 0 Å². The Morgan fingerprint density at radius 3 is 2.59 bits per heavy atom. The van der Waals surface area contributed by atoms with Gasteiger partial charge < -0.3 is 10.2 Å². The molecule has 3 aromatic rings. The third-order valence-corrected chi connectivity index (χ3v) is 5.51. The fourth-order valence-corrected chi connectivity index (χ4v) is 3.94. The molecule has 1 aliphatic heterocycles. The lowest BCUT2D eigenvalue weighted by molar-refractivity contribution is -0.134. The molecule has 0 saturated heterocycles. The molecule has 4 rings (SSSR count). The highest BCUT2D eigenvalue weighted by Crippen LogP contribution is 2.33. The van der Waals surface area contributed by atoms with Crippen molar-refractivity contribution in [3.8, 4) is 5.69 Å². The van der Waals surface area contributed by atoms with Crippen LogP contribution in [-0.4, -0.2) is 33.5 Å². The Kier molecular flexibility index (Phi) is 4.92. The Morgan fingerprint density at radius 1 is 1.14 bits per heavy atom. The molecule has 0 radical (unpaired) electrons. The van der Waals surface area contributed by atoms with Gasteiger partial charge in [0.25, 0.3) is 0 Å². The van der Waals surface area contributed by atoms with Crippen molar-refractivity contribution >= 4 is 17.5 Å².